The van der Waals surface area contributed by atoms with E-state index in [0.717, 1.165) is 5.56 Å². The molecule has 25 heavy (non-hydrogen) atoms. The number of ether oxygens (including phenoxy) is 3. The van der Waals surface area contributed by atoms with Crippen LogP contribution in [0.25, 0.3) is 0 Å². The van der Waals surface area contributed by atoms with E-state index in [2.05, 4.69) is 29.6 Å². The van der Waals surface area contributed by atoms with Gasteiger partial charge in [0.2, 0.25) is 0 Å². The van der Waals surface area contributed by atoms with Gasteiger partial charge in [0.05, 0.1) is 0 Å². The first-order valence-electron chi connectivity index (χ1n) is 8.25. The zero-order chi connectivity index (χ0) is 18.6. The Kier molecular flexibility index (Phi) is 6.73. The van der Waals surface area contributed by atoms with E-state index < -0.39 is 29.9 Å². The van der Waals surface area contributed by atoms with Gasteiger partial charge >= 0.3 is 141 Å². The summed E-state index contributed by atoms with van der Waals surface area (Å²) in [7, 11) is 0. The zero-order valence-electron chi connectivity index (χ0n) is 15.0. The van der Waals surface area contributed by atoms with Crippen LogP contribution in [0.4, 0.5) is 4.79 Å². The molecule has 1 fully saturated rings. The average Bonchev–Trinajstić information content (AvgIpc) is 2.81. The van der Waals surface area contributed by atoms with Crippen molar-refractivity contribution >= 4 is 38.2 Å². The van der Waals surface area contributed by atoms with Crippen molar-refractivity contribution in [1.82, 2.24) is 5.32 Å². The van der Waals surface area contributed by atoms with Crippen molar-refractivity contribution in [2.24, 2.45) is 0 Å². The van der Waals surface area contributed by atoms with E-state index in [9.17, 15) is 9.59 Å². The second-order valence-electron chi connectivity index (χ2n) is 7.11. The fourth-order valence-corrected chi connectivity index (χ4v) is 3.17. The molecule has 3 radical (unpaired) electrons. The minimum absolute atomic E-state index is 0.119. The van der Waals surface area contributed by atoms with Crippen molar-refractivity contribution < 1.29 is 23.8 Å². The molecule has 1 N–H and O–H groups in total. The molecule has 135 valence electrons. The molecule has 0 unspecified atom stereocenters. The van der Waals surface area contributed by atoms with Crippen LogP contribution in [0.2, 0.25) is 0 Å². The summed E-state index contributed by atoms with van der Waals surface area (Å²) in [6, 6.07) is 8.18. The van der Waals surface area contributed by atoms with E-state index in [1.165, 1.54) is 33.0 Å². The molecule has 1 saturated heterocycles. The van der Waals surface area contributed by atoms with Crippen LogP contribution in [0.5, 0.6) is 0 Å². The number of benzene rings is 1. The quantitative estimate of drug-likeness (QED) is 0.547. The molecule has 0 spiro atoms. The van der Waals surface area contributed by atoms with Crippen LogP contribution in [0.15, 0.2) is 24.3 Å². The van der Waals surface area contributed by atoms with Gasteiger partial charge in [0.15, 0.2) is 0 Å². The van der Waals surface area contributed by atoms with Gasteiger partial charge in [-0.2, -0.15) is 0 Å². The molecule has 1 aromatic carbocycles. The molecular formula is C18H24NO5Sn. The molecular weight excluding hydrogens is 429 g/mol. The summed E-state index contributed by atoms with van der Waals surface area (Å²) in [6.07, 6.45) is -1.19. The topological polar surface area (TPSA) is 73.9 Å². The van der Waals surface area contributed by atoms with Crippen molar-refractivity contribution in [2.75, 3.05) is 6.54 Å². The van der Waals surface area contributed by atoms with Crippen LogP contribution < -0.4 is 8.90 Å². The molecule has 0 saturated carbocycles. The third-order valence-electron chi connectivity index (χ3n) is 3.69. The van der Waals surface area contributed by atoms with Crippen LogP contribution in [0.3, 0.4) is 0 Å². The summed E-state index contributed by atoms with van der Waals surface area (Å²) in [5.74, 6) is -0.399. The van der Waals surface area contributed by atoms with Gasteiger partial charge in [0, 0.05) is 0 Å². The molecule has 1 aromatic rings. The van der Waals surface area contributed by atoms with Crippen molar-refractivity contribution in [2.45, 2.75) is 58.0 Å². The molecule has 1 aliphatic rings. The van der Waals surface area contributed by atoms with Crippen LogP contribution in [0, 0.1) is 0 Å². The molecule has 0 amide bonds. The van der Waals surface area contributed by atoms with E-state index in [-0.39, 0.29) is 6.04 Å². The normalized spacial score (nSPS) is 23.2. The van der Waals surface area contributed by atoms with Crippen molar-refractivity contribution in [3.05, 3.63) is 29.8 Å². The third-order valence-corrected chi connectivity index (χ3v) is 4.64. The number of rotatable bonds is 4. The Morgan fingerprint density at radius 3 is 2.40 bits per heavy atom. The van der Waals surface area contributed by atoms with Crippen LogP contribution in [-0.2, 0) is 25.4 Å². The summed E-state index contributed by atoms with van der Waals surface area (Å²) in [4.78, 5) is 23.4. The molecule has 3 atom stereocenters. The Morgan fingerprint density at radius 2 is 1.84 bits per heavy atom. The SMILES string of the molecule is CC(=O)O[C@@H]1[C@@H](OC(=O)OC(C)(C)C)CN[C@@H]1Cc1cc[c]([Sn])cc1. The number of hydrogen-bond acceptors (Lipinski definition) is 6. The zero-order valence-corrected chi connectivity index (χ0v) is 17.9. The molecule has 1 heterocycles. The number of nitrogens with one attached hydrogen (secondary N) is 1. The molecule has 0 aromatic heterocycles. The van der Waals surface area contributed by atoms with E-state index in [1.807, 2.05) is 0 Å². The van der Waals surface area contributed by atoms with Gasteiger partial charge in [-0.1, -0.05) is 0 Å². The minimum atomic E-state index is -0.754. The van der Waals surface area contributed by atoms with Crippen LogP contribution in [0.1, 0.15) is 33.3 Å². The van der Waals surface area contributed by atoms with Crippen LogP contribution >= 0.6 is 0 Å². The fourth-order valence-electron chi connectivity index (χ4n) is 2.70. The molecule has 0 bridgehead atoms. The summed E-state index contributed by atoms with van der Waals surface area (Å²) >= 11 is 1.37. The predicted octanol–water partition coefficient (Wildman–Crippen LogP) is 1.25. The van der Waals surface area contributed by atoms with E-state index >= 15 is 0 Å². The monoisotopic (exact) mass is 454 g/mol. The maximum atomic E-state index is 11.9. The first-order valence-corrected chi connectivity index (χ1v) is 9.67. The average molecular weight is 453 g/mol. The Labute approximate surface area is 161 Å². The second-order valence-corrected chi connectivity index (χ2v) is 8.76. The fraction of sp³-hybridized carbons (Fsp3) is 0.556. The van der Waals surface area contributed by atoms with E-state index in [0.29, 0.717) is 13.0 Å². The molecule has 7 heteroatoms. The Hall–Kier alpha value is -1.28. The standard InChI is InChI=1S/C18H24NO5.Sn/c1-12(20)22-16-14(10-13-8-6-5-7-9-13)19-11-15(16)23-17(21)24-18(2,3)4;/h6-9,14-16,19H,10-11H2,1-4H3;/t14-,15+,16+;/m1./s1. The maximum absolute atomic E-state index is 11.9. The molecule has 2 rings (SSSR count). The first kappa shape index (κ1) is 20.0. The van der Waals surface area contributed by atoms with Gasteiger partial charge in [0.25, 0.3) is 0 Å². The summed E-state index contributed by atoms with van der Waals surface area (Å²) < 4.78 is 17.3. The van der Waals surface area contributed by atoms with Crippen molar-refractivity contribution in [1.29, 1.82) is 0 Å². The molecule has 0 aliphatic carbocycles. The number of carbonyl (C=O) groups is 2. The molecule has 6 nitrogen and oxygen atoms in total. The third kappa shape index (κ3) is 6.51. The Balaban J connectivity index is 2.04. The number of esters is 1. The van der Waals surface area contributed by atoms with E-state index in [4.69, 9.17) is 14.2 Å². The Bertz CT molecular complexity index is 611. The second kappa shape index (κ2) is 8.40. The van der Waals surface area contributed by atoms with Crippen molar-refractivity contribution in [3.63, 3.8) is 0 Å². The number of carbonyl (C=O) groups excluding carboxylic acids is 2. The Morgan fingerprint density at radius 1 is 1.20 bits per heavy atom. The first-order chi connectivity index (χ1) is 11.6. The molecule has 1 aliphatic heterocycles. The van der Waals surface area contributed by atoms with Gasteiger partial charge in [-0.15, -0.1) is 0 Å². The van der Waals surface area contributed by atoms with Gasteiger partial charge in [-0.3, -0.25) is 0 Å². The van der Waals surface area contributed by atoms with E-state index in [1.54, 1.807) is 20.8 Å². The predicted molar refractivity (Wildman–Crippen MR) is 94.0 cm³/mol. The van der Waals surface area contributed by atoms with Gasteiger partial charge in [0.1, 0.15) is 0 Å². The summed E-state index contributed by atoms with van der Waals surface area (Å²) in [5.41, 5.74) is 0.502. The summed E-state index contributed by atoms with van der Waals surface area (Å²) in [5, 5.41) is 3.29. The summed E-state index contributed by atoms with van der Waals surface area (Å²) in [6.45, 7) is 7.08. The van der Waals surface area contributed by atoms with Gasteiger partial charge in [-0.25, -0.2) is 0 Å². The van der Waals surface area contributed by atoms with Crippen LogP contribution in [-0.4, -0.2) is 65.0 Å². The van der Waals surface area contributed by atoms with Gasteiger partial charge < -0.3 is 0 Å². The van der Waals surface area contributed by atoms with Crippen molar-refractivity contribution in [3.8, 4) is 0 Å². The number of hydrogen-bond donors (Lipinski definition) is 1. The van der Waals surface area contributed by atoms with Gasteiger partial charge in [-0.05, 0) is 20.8 Å².